The monoisotopic (exact) mass is 315 g/mol. The van der Waals surface area contributed by atoms with Crippen LogP contribution >= 0.6 is 11.3 Å². The van der Waals surface area contributed by atoms with E-state index in [9.17, 15) is 13.6 Å². The molecule has 0 bridgehead atoms. The Morgan fingerprint density at radius 1 is 1.48 bits per heavy atom. The van der Waals surface area contributed by atoms with Gasteiger partial charge in [-0.25, -0.2) is 4.98 Å². The van der Waals surface area contributed by atoms with Crippen molar-refractivity contribution in [3.05, 3.63) is 12.1 Å². The average Bonchev–Trinajstić information content (AvgIpc) is 2.91. The molecule has 112 valence electrons. The number of amides is 1. The van der Waals surface area contributed by atoms with Gasteiger partial charge in [-0.05, 0) is 6.42 Å². The highest BCUT2D eigenvalue weighted by Gasteiger charge is 2.43. The summed E-state index contributed by atoms with van der Waals surface area (Å²) in [5.74, 6) is -0.483. The van der Waals surface area contributed by atoms with Crippen LogP contribution in [0.25, 0.3) is 10.2 Å². The van der Waals surface area contributed by atoms with E-state index in [-0.39, 0.29) is 17.4 Å². The lowest BCUT2D eigenvalue weighted by molar-refractivity contribution is -0.286. The number of rotatable bonds is 3. The number of alkyl halides is 2. The third-order valence-corrected chi connectivity index (χ3v) is 3.85. The van der Waals surface area contributed by atoms with E-state index in [0.717, 1.165) is 11.3 Å². The minimum atomic E-state index is -3.66. The van der Waals surface area contributed by atoms with Gasteiger partial charge < -0.3 is 20.5 Å². The van der Waals surface area contributed by atoms with Crippen molar-refractivity contribution in [1.29, 1.82) is 0 Å². The number of nitrogens with one attached hydrogen (secondary N) is 1. The zero-order chi connectivity index (χ0) is 15.2. The molecule has 1 atom stereocenters. The predicted octanol–water partition coefficient (Wildman–Crippen LogP) is 2.29. The normalized spacial score (nSPS) is 17.0. The molecule has 21 heavy (non-hydrogen) atoms. The van der Waals surface area contributed by atoms with Gasteiger partial charge in [0, 0.05) is 12.1 Å². The Morgan fingerprint density at radius 3 is 2.81 bits per heavy atom. The number of thiazole rings is 1. The molecule has 2 aromatic rings. The number of benzene rings is 1. The van der Waals surface area contributed by atoms with Gasteiger partial charge in [0.2, 0.25) is 5.91 Å². The number of aromatic nitrogens is 1. The number of anilines is 1. The second-order valence-electron chi connectivity index (χ2n) is 4.46. The molecule has 0 aliphatic carbocycles. The molecular formula is C12H11F2N3O3S. The standard InChI is InChI=1S/C12H11F2N3O3S/c1-2-5(15)10(18)17-11-16-6-3-7-8(4-9(6)21-11)20-12(13,14)19-7/h3-5H,2,15H2,1H3,(H,16,17,18)/t5-/m1/s1. The maximum atomic E-state index is 12.9. The van der Waals surface area contributed by atoms with E-state index in [1.165, 1.54) is 12.1 Å². The second kappa shape index (κ2) is 4.78. The zero-order valence-corrected chi connectivity index (χ0v) is 11.7. The lowest BCUT2D eigenvalue weighted by atomic mass is 10.2. The van der Waals surface area contributed by atoms with Crippen LogP contribution in [0.4, 0.5) is 13.9 Å². The van der Waals surface area contributed by atoms with Gasteiger partial charge >= 0.3 is 6.29 Å². The highest BCUT2D eigenvalue weighted by molar-refractivity contribution is 7.22. The van der Waals surface area contributed by atoms with Crippen LogP contribution in [0.2, 0.25) is 0 Å². The van der Waals surface area contributed by atoms with Gasteiger partial charge in [0.1, 0.15) is 0 Å². The van der Waals surface area contributed by atoms with E-state index in [1.54, 1.807) is 6.92 Å². The molecule has 1 aliphatic heterocycles. The molecule has 0 saturated heterocycles. The summed E-state index contributed by atoms with van der Waals surface area (Å²) in [7, 11) is 0. The minimum absolute atomic E-state index is 0.0562. The van der Waals surface area contributed by atoms with Gasteiger partial charge in [-0.1, -0.05) is 18.3 Å². The van der Waals surface area contributed by atoms with Crippen LogP contribution in [-0.4, -0.2) is 23.2 Å². The fraction of sp³-hybridized carbons (Fsp3) is 0.333. The Kier molecular flexibility index (Phi) is 3.18. The van der Waals surface area contributed by atoms with Crippen LogP contribution in [-0.2, 0) is 4.79 Å². The van der Waals surface area contributed by atoms with Crippen LogP contribution in [0.5, 0.6) is 11.5 Å². The first-order chi connectivity index (χ1) is 9.88. The Hall–Kier alpha value is -2.00. The van der Waals surface area contributed by atoms with E-state index in [4.69, 9.17) is 5.73 Å². The topological polar surface area (TPSA) is 86.5 Å². The van der Waals surface area contributed by atoms with Crippen molar-refractivity contribution in [2.24, 2.45) is 5.73 Å². The van der Waals surface area contributed by atoms with Crippen molar-refractivity contribution in [3.8, 4) is 11.5 Å². The summed E-state index contributed by atoms with van der Waals surface area (Å²) in [5, 5.41) is 2.93. The predicted molar refractivity (Wildman–Crippen MR) is 72.7 cm³/mol. The zero-order valence-electron chi connectivity index (χ0n) is 10.9. The van der Waals surface area contributed by atoms with Crippen molar-refractivity contribution in [3.63, 3.8) is 0 Å². The highest BCUT2D eigenvalue weighted by atomic mass is 32.1. The number of halogens is 2. The molecule has 2 heterocycles. The summed E-state index contributed by atoms with van der Waals surface area (Å²) < 4.78 is 35.2. The molecule has 3 rings (SSSR count). The lowest BCUT2D eigenvalue weighted by Gasteiger charge is -2.06. The number of nitrogens with zero attached hydrogens (tertiary/aromatic N) is 1. The van der Waals surface area contributed by atoms with Crippen molar-refractivity contribution >= 4 is 32.6 Å². The Labute approximate surface area is 121 Å². The van der Waals surface area contributed by atoms with E-state index in [2.05, 4.69) is 19.8 Å². The molecule has 1 aliphatic rings. The molecular weight excluding hydrogens is 304 g/mol. The Balaban J connectivity index is 1.88. The van der Waals surface area contributed by atoms with Crippen molar-refractivity contribution in [2.75, 3.05) is 5.32 Å². The summed E-state index contributed by atoms with van der Waals surface area (Å²) in [5.41, 5.74) is 6.04. The number of carbonyl (C=O) groups is 1. The number of ether oxygens (including phenoxy) is 2. The summed E-state index contributed by atoms with van der Waals surface area (Å²) in [6, 6.07) is 2.13. The largest absolute Gasteiger partial charge is 0.586 e. The van der Waals surface area contributed by atoms with Gasteiger partial charge in [-0.2, -0.15) is 0 Å². The number of carbonyl (C=O) groups excluding carboxylic acids is 1. The van der Waals surface area contributed by atoms with Gasteiger partial charge in [-0.15, -0.1) is 8.78 Å². The van der Waals surface area contributed by atoms with Crippen LogP contribution < -0.4 is 20.5 Å². The number of nitrogens with two attached hydrogens (primary N) is 1. The smallest absolute Gasteiger partial charge is 0.395 e. The van der Waals surface area contributed by atoms with E-state index in [0.29, 0.717) is 21.8 Å². The van der Waals surface area contributed by atoms with Crippen LogP contribution in [0.1, 0.15) is 13.3 Å². The van der Waals surface area contributed by atoms with Crippen LogP contribution in [0.15, 0.2) is 12.1 Å². The van der Waals surface area contributed by atoms with Crippen molar-refractivity contribution < 1.29 is 23.0 Å². The molecule has 6 nitrogen and oxygen atoms in total. The van der Waals surface area contributed by atoms with Crippen molar-refractivity contribution in [1.82, 2.24) is 4.98 Å². The molecule has 0 radical (unpaired) electrons. The lowest BCUT2D eigenvalue weighted by Crippen LogP contribution is -2.34. The third-order valence-electron chi connectivity index (χ3n) is 2.92. The molecule has 1 aromatic heterocycles. The first-order valence-electron chi connectivity index (χ1n) is 6.15. The maximum Gasteiger partial charge on any atom is 0.586 e. The van der Waals surface area contributed by atoms with Gasteiger partial charge in [0.15, 0.2) is 16.6 Å². The second-order valence-corrected chi connectivity index (χ2v) is 5.49. The average molecular weight is 315 g/mol. The maximum absolute atomic E-state index is 12.9. The SMILES string of the molecule is CC[C@@H](N)C(=O)Nc1nc2cc3c(cc2s1)OC(F)(F)O3. The van der Waals surface area contributed by atoms with Gasteiger partial charge in [0.05, 0.1) is 16.3 Å². The summed E-state index contributed by atoms with van der Waals surface area (Å²) in [6.07, 6.45) is -3.15. The molecule has 9 heteroatoms. The number of fused-ring (bicyclic) bond motifs is 2. The first kappa shape index (κ1) is 14.0. The number of hydrogen-bond acceptors (Lipinski definition) is 6. The van der Waals surface area contributed by atoms with E-state index >= 15 is 0 Å². The van der Waals surface area contributed by atoms with Gasteiger partial charge in [-0.3, -0.25) is 4.79 Å². The van der Waals surface area contributed by atoms with Gasteiger partial charge in [0.25, 0.3) is 0 Å². The first-order valence-corrected chi connectivity index (χ1v) is 6.96. The van der Waals surface area contributed by atoms with Crippen molar-refractivity contribution in [2.45, 2.75) is 25.7 Å². The minimum Gasteiger partial charge on any atom is -0.395 e. The highest BCUT2D eigenvalue weighted by Crippen LogP contribution is 2.44. The van der Waals surface area contributed by atoms with Crippen LogP contribution in [0, 0.1) is 0 Å². The Bertz CT molecular complexity index is 674. The fourth-order valence-corrected chi connectivity index (χ4v) is 2.69. The molecule has 0 spiro atoms. The molecule has 3 N–H and O–H groups in total. The summed E-state index contributed by atoms with van der Waals surface area (Å²) in [4.78, 5) is 15.8. The molecule has 0 saturated carbocycles. The molecule has 0 unspecified atom stereocenters. The third kappa shape index (κ3) is 2.61. The summed E-state index contributed by atoms with van der Waals surface area (Å²) >= 11 is 1.14. The number of hydrogen-bond donors (Lipinski definition) is 2. The fourth-order valence-electron chi connectivity index (χ4n) is 1.81. The quantitative estimate of drug-likeness (QED) is 0.907. The molecule has 1 aromatic carbocycles. The van der Waals surface area contributed by atoms with E-state index < -0.39 is 12.3 Å². The van der Waals surface area contributed by atoms with Crippen LogP contribution in [0.3, 0.4) is 0 Å². The molecule has 0 fully saturated rings. The summed E-state index contributed by atoms with van der Waals surface area (Å²) in [6.45, 7) is 1.79. The Morgan fingerprint density at radius 2 is 2.14 bits per heavy atom. The molecule has 1 amide bonds. The van der Waals surface area contributed by atoms with E-state index in [1.807, 2.05) is 0 Å².